The maximum Gasteiger partial charge on any atom is 0.0435 e. The van der Waals surface area contributed by atoms with Gasteiger partial charge in [0, 0.05) is 10.6 Å². The second-order valence-corrected chi connectivity index (χ2v) is 5.01. The van der Waals surface area contributed by atoms with Crippen LogP contribution in [0.1, 0.15) is 24.5 Å². The van der Waals surface area contributed by atoms with Crippen molar-refractivity contribution in [2.24, 2.45) is 11.7 Å². The van der Waals surface area contributed by atoms with E-state index in [1.165, 1.54) is 5.56 Å². The predicted octanol–water partition coefficient (Wildman–Crippen LogP) is 2.93. The van der Waals surface area contributed by atoms with Gasteiger partial charge in [-0.3, -0.25) is 0 Å². The molecule has 0 radical (unpaired) electrons. The molecular weight excluding hydrogens is 194 g/mol. The SMILES string of the molecule is Cc1cc(CC2(N)CC2C)ccc1Cl. The zero-order chi connectivity index (χ0) is 10.3. The van der Waals surface area contributed by atoms with Crippen LogP contribution in [0, 0.1) is 12.8 Å². The van der Waals surface area contributed by atoms with Crippen LogP contribution in [0.2, 0.25) is 5.02 Å². The minimum absolute atomic E-state index is 0.0558. The molecule has 0 aromatic heterocycles. The van der Waals surface area contributed by atoms with E-state index in [1.807, 2.05) is 13.0 Å². The molecule has 0 bridgehead atoms. The van der Waals surface area contributed by atoms with Crippen LogP contribution in [0.15, 0.2) is 18.2 Å². The highest BCUT2D eigenvalue weighted by atomic mass is 35.5. The lowest BCUT2D eigenvalue weighted by Gasteiger charge is -2.11. The first kappa shape index (κ1) is 10.0. The van der Waals surface area contributed by atoms with Gasteiger partial charge in [-0.05, 0) is 42.9 Å². The summed E-state index contributed by atoms with van der Waals surface area (Å²) in [5.74, 6) is 0.665. The summed E-state index contributed by atoms with van der Waals surface area (Å²) in [6.07, 6.45) is 2.13. The molecule has 1 fully saturated rings. The van der Waals surface area contributed by atoms with E-state index in [-0.39, 0.29) is 5.54 Å². The zero-order valence-corrected chi connectivity index (χ0v) is 9.43. The summed E-state index contributed by atoms with van der Waals surface area (Å²) in [4.78, 5) is 0. The monoisotopic (exact) mass is 209 g/mol. The van der Waals surface area contributed by atoms with E-state index in [0.29, 0.717) is 5.92 Å². The average molecular weight is 210 g/mol. The third-order valence-electron chi connectivity index (χ3n) is 3.26. The largest absolute Gasteiger partial charge is 0.325 e. The lowest BCUT2D eigenvalue weighted by Crippen LogP contribution is -2.27. The summed E-state index contributed by atoms with van der Waals surface area (Å²) in [5.41, 5.74) is 8.68. The molecule has 0 spiro atoms. The highest BCUT2D eigenvalue weighted by molar-refractivity contribution is 6.31. The molecule has 14 heavy (non-hydrogen) atoms. The number of nitrogens with two attached hydrogens (primary N) is 1. The quantitative estimate of drug-likeness (QED) is 0.797. The van der Waals surface area contributed by atoms with Crippen molar-refractivity contribution in [2.45, 2.75) is 32.2 Å². The first-order valence-corrected chi connectivity index (χ1v) is 5.43. The molecule has 1 aliphatic carbocycles. The topological polar surface area (TPSA) is 26.0 Å². The molecule has 2 rings (SSSR count). The lowest BCUT2D eigenvalue weighted by atomic mass is 10.0. The van der Waals surface area contributed by atoms with Crippen LogP contribution >= 0.6 is 11.6 Å². The number of hydrogen-bond donors (Lipinski definition) is 1. The molecule has 0 aliphatic heterocycles. The van der Waals surface area contributed by atoms with Gasteiger partial charge >= 0.3 is 0 Å². The van der Waals surface area contributed by atoms with Gasteiger partial charge in [-0.25, -0.2) is 0 Å². The summed E-state index contributed by atoms with van der Waals surface area (Å²) in [6.45, 7) is 4.24. The van der Waals surface area contributed by atoms with Crippen molar-refractivity contribution in [1.82, 2.24) is 0 Å². The zero-order valence-electron chi connectivity index (χ0n) is 8.68. The lowest BCUT2D eigenvalue weighted by molar-refractivity contribution is 0.615. The van der Waals surface area contributed by atoms with Crippen LogP contribution in [-0.4, -0.2) is 5.54 Å². The van der Waals surface area contributed by atoms with Gasteiger partial charge in [-0.2, -0.15) is 0 Å². The molecule has 0 saturated heterocycles. The fraction of sp³-hybridized carbons (Fsp3) is 0.500. The second-order valence-electron chi connectivity index (χ2n) is 4.60. The molecule has 1 aromatic rings. The average Bonchev–Trinajstić information content (AvgIpc) is 2.67. The Balaban J connectivity index is 2.14. The Morgan fingerprint density at radius 2 is 2.21 bits per heavy atom. The van der Waals surface area contributed by atoms with Crippen LogP contribution in [0.25, 0.3) is 0 Å². The molecule has 1 nitrogen and oxygen atoms in total. The maximum atomic E-state index is 6.18. The highest BCUT2D eigenvalue weighted by Gasteiger charge is 2.47. The molecule has 2 heteroatoms. The molecule has 1 aliphatic rings. The smallest absolute Gasteiger partial charge is 0.0435 e. The van der Waals surface area contributed by atoms with E-state index in [2.05, 4.69) is 19.1 Å². The van der Waals surface area contributed by atoms with Crippen LogP contribution in [0.3, 0.4) is 0 Å². The van der Waals surface area contributed by atoms with Crippen LogP contribution in [-0.2, 0) is 6.42 Å². The van der Waals surface area contributed by atoms with Crippen molar-refractivity contribution >= 4 is 11.6 Å². The maximum absolute atomic E-state index is 6.18. The summed E-state index contributed by atoms with van der Waals surface area (Å²) in [7, 11) is 0. The molecule has 76 valence electrons. The first-order valence-electron chi connectivity index (χ1n) is 5.05. The van der Waals surface area contributed by atoms with Crippen molar-refractivity contribution in [1.29, 1.82) is 0 Å². The predicted molar refractivity (Wildman–Crippen MR) is 60.6 cm³/mol. The Morgan fingerprint density at radius 3 is 2.71 bits per heavy atom. The molecule has 1 saturated carbocycles. The minimum Gasteiger partial charge on any atom is -0.325 e. The van der Waals surface area contributed by atoms with Gasteiger partial charge in [-0.1, -0.05) is 30.7 Å². The molecule has 2 unspecified atom stereocenters. The van der Waals surface area contributed by atoms with E-state index in [4.69, 9.17) is 17.3 Å². The van der Waals surface area contributed by atoms with Crippen LogP contribution in [0.4, 0.5) is 0 Å². The molecule has 0 amide bonds. The van der Waals surface area contributed by atoms with Crippen molar-refractivity contribution in [3.63, 3.8) is 0 Å². The minimum atomic E-state index is 0.0558. The van der Waals surface area contributed by atoms with Gasteiger partial charge < -0.3 is 5.73 Å². The normalized spacial score (nSPS) is 30.4. The second kappa shape index (κ2) is 3.25. The van der Waals surface area contributed by atoms with E-state index < -0.39 is 0 Å². The number of rotatable bonds is 2. The van der Waals surface area contributed by atoms with E-state index in [1.54, 1.807) is 0 Å². The van der Waals surface area contributed by atoms with Crippen molar-refractivity contribution < 1.29 is 0 Å². The molecule has 2 atom stereocenters. The van der Waals surface area contributed by atoms with E-state index >= 15 is 0 Å². The van der Waals surface area contributed by atoms with Gasteiger partial charge in [0.2, 0.25) is 0 Å². The highest BCUT2D eigenvalue weighted by Crippen LogP contribution is 2.43. The number of aryl methyl sites for hydroxylation is 1. The van der Waals surface area contributed by atoms with Crippen LogP contribution in [0.5, 0.6) is 0 Å². The number of halogens is 1. The summed E-state index contributed by atoms with van der Waals surface area (Å²) < 4.78 is 0. The summed E-state index contributed by atoms with van der Waals surface area (Å²) >= 11 is 5.96. The van der Waals surface area contributed by atoms with Gasteiger partial charge in [0.05, 0.1) is 0 Å². The standard InChI is InChI=1S/C12H16ClN/c1-8-5-10(3-4-11(8)13)7-12(14)6-9(12)2/h3-5,9H,6-7,14H2,1-2H3. The van der Waals surface area contributed by atoms with Gasteiger partial charge in [0.1, 0.15) is 0 Å². The van der Waals surface area contributed by atoms with Gasteiger partial charge in [0.15, 0.2) is 0 Å². The third kappa shape index (κ3) is 1.79. The van der Waals surface area contributed by atoms with E-state index in [9.17, 15) is 0 Å². The number of hydrogen-bond acceptors (Lipinski definition) is 1. The Labute approximate surface area is 90.3 Å². The molecule has 0 heterocycles. The van der Waals surface area contributed by atoms with Crippen molar-refractivity contribution in [2.75, 3.05) is 0 Å². The number of benzene rings is 1. The Morgan fingerprint density at radius 1 is 1.57 bits per heavy atom. The first-order chi connectivity index (χ1) is 6.51. The fourth-order valence-electron chi connectivity index (χ4n) is 1.95. The van der Waals surface area contributed by atoms with Gasteiger partial charge in [0.25, 0.3) is 0 Å². The summed E-state index contributed by atoms with van der Waals surface area (Å²) in [6, 6.07) is 6.18. The van der Waals surface area contributed by atoms with Crippen molar-refractivity contribution in [3.8, 4) is 0 Å². The van der Waals surface area contributed by atoms with E-state index in [0.717, 1.165) is 23.4 Å². The summed E-state index contributed by atoms with van der Waals surface area (Å²) in [5, 5.41) is 0.837. The Hall–Kier alpha value is -0.530. The Kier molecular flexibility index (Phi) is 2.32. The van der Waals surface area contributed by atoms with Crippen LogP contribution < -0.4 is 5.73 Å². The Bertz CT molecular complexity index is 361. The third-order valence-corrected chi connectivity index (χ3v) is 3.69. The fourth-order valence-corrected chi connectivity index (χ4v) is 2.07. The molecule has 2 N–H and O–H groups in total. The molecular formula is C12H16ClN. The van der Waals surface area contributed by atoms with Gasteiger partial charge in [-0.15, -0.1) is 0 Å². The van der Waals surface area contributed by atoms with Crippen molar-refractivity contribution in [3.05, 3.63) is 34.3 Å². The molecule has 1 aromatic carbocycles.